The van der Waals surface area contributed by atoms with Crippen molar-refractivity contribution in [1.29, 1.82) is 0 Å². The lowest BCUT2D eigenvalue weighted by Gasteiger charge is -2.34. The molecule has 0 aliphatic carbocycles. The average molecular weight is 408 g/mol. The third-order valence-corrected chi connectivity index (χ3v) is 4.59. The van der Waals surface area contributed by atoms with Crippen molar-refractivity contribution in [3.8, 4) is 5.88 Å². The highest BCUT2D eigenvalue weighted by atomic mass is 19.4. The van der Waals surface area contributed by atoms with Crippen molar-refractivity contribution in [2.24, 2.45) is 0 Å². The van der Waals surface area contributed by atoms with Crippen LogP contribution in [0.1, 0.15) is 5.56 Å². The zero-order chi connectivity index (χ0) is 20.7. The molecule has 0 spiro atoms. The van der Waals surface area contributed by atoms with Gasteiger partial charge < -0.3 is 15.0 Å². The van der Waals surface area contributed by atoms with E-state index in [-0.39, 0.29) is 11.9 Å². The number of amides is 2. The second-order valence-corrected chi connectivity index (χ2v) is 6.78. The first kappa shape index (κ1) is 20.9. The molecule has 156 valence electrons. The SMILES string of the molecule is O=C(Nc1ccc(OCC(F)(F)F)nc1)N1CCN(CCc2ccccc2)CC1. The summed E-state index contributed by atoms with van der Waals surface area (Å²) in [6.45, 7) is 2.36. The van der Waals surface area contributed by atoms with E-state index < -0.39 is 12.8 Å². The summed E-state index contributed by atoms with van der Waals surface area (Å²) in [6, 6.07) is 12.8. The number of carbonyl (C=O) groups is 1. The fraction of sp³-hybridized carbons (Fsp3) is 0.400. The van der Waals surface area contributed by atoms with Gasteiger partial charge >= 0.3 is 12.2 Å². The lowest BCUT2D eigenvalue weighted by Crippen LogP contribution is -2.50. The van der Waals surface area contributed by atoms with Crippen molar-refractivity contribution in [2.45, 2.75) is 12.6 Å². The molecule has 1 aromatic carbocycles. The first-order valence-corrected chi connectivity index (χ1v) is 9.37. The number of benzene rings is 1. The molecule has 3 rings (SSSR count). The Bertz CT molecular complexity index is 777. The molecule has 0 bridgehead atoms. The number of halogens is 3. The lowest BCUT2D eigenvalue weighted by molar-refractivity contribution is -0.154. The van der Waals surface area contributed by atoms with Gasteiger partial charge in [-0.1, -0.05) is 30.3 Å². The van der Waals surface area contributed by atoms with Crippen LogP contribution in [-0.4, -0.2) is 66.3 Å². The highest BCUT2D eigenvalue weighted by Crippen LogP contribution is 2.18. The summed E-state index contributed by atoms with van der Waals surface area (Å²) in [5.74, 6) is -0.146. The van der Waals surface area contributed by atoms with Gasteiger partial charge in [-0.3, -0.25) is 4.90 Å². The molecule has 1 N–H and O–H groups in total. The number of alkyl halides is 3. The Labute approximate surface area is 167 Å². The van der Waals surface area contributed by atoms with Gasteiger partial charge in [-0.05, 0) is 18.1 Å². The van der Waals surface area contributed by atoms with Gasteiger partial charge in [0.05, 0.1) is 11.9 Å². The summed E-state index contributed by atoms with van der Waals surface area (Å²) < 4.78 is 41.0. The molecule has 0 unspecified atom stereocenters. The molecule has 1 fully saturated rings. The van der Waals surface area contributed by atoms with Crippen molar-refractivity contribution in [3.63, 3.8) is 0 Å². The van der Waals surface area contributed by atoms with Gasteiger partial charge in [0.15, 0.2) is 6.61 Å². The summed E-state index contributed by atoms with van der Waals surface area (Å²) in [4.78, 5) is 20.2. The molecular weight excluding hydrogens is 385 g/mol. The monoisotopic (exact) mass is 408 g/mol. The molecule has 0 atom stereocenters. The van der Waals surface area contributed by atoms with Crippen molar-refractivity contribution in [3.05, 3.63) is 54.2 Å². The van der Waals surface area contributed by atoms with Crippen LogP contribution in [0.15, 0.2) is 48.7 Å². The number of pyridine rings is 1. The number of rotatable bonds is 6. The van der Waals surface area contributed by atoms with E-state index in [1.54, 1.807) is 4.90 Å². The van der Waals surface area contributed by atoms with Gasteiger partial charge in [0.2, 0.25) is 5.88 Å². The molecule has 9 heteroatoms. The Kier molecular flexibility index (Phi) is 6.92. The minimum atomic E-state index is -4.42. The van der Waals surface area contributed by atoms with E-state index in [9.17, 15) is 18.0 Å². The number of nitrogens with one attached hydrogen (secondary N) is 1. The maximum atomic E-state index is 12.4. The molecule has 1 aromatic heterocycles. The Morgan fingerprint density at radius 3 is 2.41 bits per heavy atom. The number of nitrogens with zero attached hydrogens (tertiary/aromatic N) is 3. The molecular formula is C20H23F3N4O2. The quantitative estimate of drug-likeness (QED) is 0.796. The van der Waals surface area contributed by atoms with E-state index in [0.29, 0.717) is 18.8 Å². The van der Waals surface area contributed by atoms with Gasteiger partial charge in [-0.2, -0.15) is 13.2 Å². The molecule has 1 aliphatic rings. The van der Waals surface area contributed by atoms with Crippen molar-refractivity contribution in [2.75, 3.05) is 44.6 Å². The van der Waals surface area contributed by atoms with Crippen LogP contribution in [0.4, 0.5) is 23.7 Å². The second-order valence-electron chi connectivity index (χ2n) is 6.78. The maximum Gasteiger partial charge on any atom is 0.422 e. The first-order chi connectivity index (χ1) is 13.9. The standard InChI is InChI=1S/C20H23F3N4O2/c21-20(22,23)15-29-18-7-6-17(14-24-18)25-19(28)27-12-10-26(11-13-27)9-8-16-4-2-1-3-5-16/h1-7,14H,8-13,15H2,(H,25,28). The molecule has 2 heterocycles. The predicted molar refractivity (Wildman–Crippen MR) is 103 cm³/mol. The Balaban J connectivity index is 1.40. The summed E-state index contributed by atoms with van der Waals surface area (Å²) in [5.41, 5.74) is 1.70. The van der Waals surface area contributed by atoms with E-state index in [4.69, 9.17) is 0 Å². The normalized spacial score (nSPS) is 15.2. The summed E-state index contributed by atoms with van der Waals surface area (Å²) >= 11 is 0. The molecule has 2 aromatic rings. The van der Waals surface area contributed by atoms with E-state index in [0.717, 1.165) is 26.1 Å². The smallest absolute Gasteiger partial charge is 0.422 e. The van der Waals surface area contributed by atoms with Gasteiger partial charge in [0.25, 0.3) is 0 Å². The maximum absolute atomic E-state index is 12.4. The Hall–Kier alpha value is -2.81. The van der Waals surface area contributed by atoms with Crippen molar-refractivity contribution in [1.82, 2.24) is 14.8 Å². The van der Waals surface area contributed by atoms with Crippen LogP contribution in [0.25, 0.3) is 0 Å². The second kappa shape index (κ2) is 9.60. The van der Waals surface area contributed by atoms with E-state index in [1.807, 2.05) is 18.2 Å². The minimum Gasteiger partial charge on any atom is -0.468 e. The number of carbonyl (C=O) groups excluding carboxylic acids is 1. The zero-order valence-corrected chi connectivity index (χ0v) is 15.9. The van der Waals surface area contributed by atoms with Crippen LogP contribution in [0.3, 0.4) is 0 Å². The topological polar surface area (TPSA) is 57.7 Å². The molecule has 0 saturated carbocycles. The fourth-order valence-corrected chi connectivity index (χ4v) is 3.00. The highest BCUT2D eigenvalue weighted by Gasteiger charge is 2.28. The summed E-state index contributed by atoms with van der Waals surface area (Å²) in [6.07, 6.45) is -2.17. The molecule has 0 radical (unpaired) electrons. The van der Waals surface area contributed by atoms with Crippen LogP contribution in [-0.2, 0) is 6.42 Å². The largest absolute Gasteiger partial charge is 0.468 e. The van der Waals surface area contributed by atoms with Gasteiger partial charge in [0, 0.05) is 38.8 Å². The third kappa shape index (κ3) is 6.94. The number of ether oxygens (including phenoxy) is 1. The molecule has 1 aliphatic heterocycles. The van der Waals surface area contributed by atoms with Gasteiger partial charge in [0.1, 0.15) is 0 Å². The molecule has 2 amide bonds. The predicted octanol–water partition coefficient (Wildman–Crippen LogP) is 3.41. The number of anilines is 1. The van der Waals surface area contributed by atoms with E-state index in [1.165, 1.54) is 23.9 Å². The summed E-state index contributed by atoms with van der Waals surface area (Å²) in [5, 5.41) is 2.71. The highest BCUT2D eigenvalue weighted by molar-refractivity contribution is 5.89. The average Bonchev–Trinajstić information content (AvgIpc) is 2.72. The fourth-order valence-electron chi connectivity index (χ4n) is 3.00. The minimum absolute atomic E-state index is 0.146. The van der Waals surface area contributed by atoms with Crippen LogP contribution < -0.4 is 10.1 Å². The van der Waals surface area contributed by atoms with E-state index in [2.05, 4.69) is 32.1 Å². The van der Waals surface area contributed by atoms with Crippen molar-refractivity contribution >= 4 is 11.7 Å². The van der Waals surface area contributed by atoms with Gasteiger partial charge in [-0.25, -0.2) is 9.78 Å². The van der Waals surface area contributed by atoms with Crippen LogP contribution in [0.5, 0.6) is 5.88 Å². The van der Waals surface area contributed by atoms with Crippen LogP contribution >= 0.6 is 0 Å². The van der Waals surface area contributed by atoms with Gasteiger partial charge in [-0.15, -0.1) is 0 Å². The summed E-state index contributed by atoms with van der Waals surface area (Å²) in [7, 11) is 0. The van der Waals surface area contributed by atoms with Crippen LogP contribution in [0, 0.1) is 0 Å². The number of hydrogen-bond acceptors (Lipinski definition) is 4. The number of piperazine rings is 1. The molecule has 1 saturated heterocycles. The third-order valence-electron chi connectivity index (χ3n) is 4.59. The first-order valence-electron chi connectivity index (χ1n) is 9.37. The lowest BCUT2D eigenvalue weighted by atomic mass is 10.1. The number of hydrogen-bond donors (Lipinski definition) is 1. The Morgan fingerprint density at radius 1 is 1.07 bits per heavy atom. The van der Waals surface area contributed by atoms with Crippen molar-refractivity contribution < 1.29 is 22.7 Å². The molecule has 29 heavy (non-hydrogen) atoms. The number of urea groups is 1. The Morgan fingerprint density at radius 2 is 1.79 bits per heavy atom. The zero-order valence-electron chi connectivity index (χ0n) is 15.9. The molecule has 6 nitrogen and oxygen atoms in total. The number of aromatic nitrogens is 1. The van der Waals surface area contributed by atoms with E-state index >= 15 is 0 Å². The van der Waals surface area contributed by atoms with Crippen LogP contribution in [0.2, 0.25) is 0 Å².